The predicted molar refractivity (Wildman–Crippen MR) is 86.5 cm³/mol. The van der Waals surface area contributed by atoms with Crippen LogP contribution in [-0.4, -0.2) is 6.04 Å². The van der Waals surface area contributed by atoms with Crippen LogP contribution in [0.2, 0.25) is 0 Å². The van der Waals surface area contributed by atoms with Gasteiger partial charge in [0, 0.05) is 15.4 Å². The molecule has 3 heteroatoms. The van der Waals surface area contributed by atoms with Crippen LogP contribution in [0.4, 0.5) is 0 Å². The second-order valence-corrected chi connectivity index (χ2v) is 8.29. The fourth-order valence-electron chi connectivity index (χ4n) is 4.15. The summed E-state index contributed by atoms with van der Waals surface area (Å²) in [5.74, 6) is 2.78. The van der Waals surface area contributed by atoms with Crippen molar-refractivity contribution < 1.29 is 0 Å². The summed E-state index contributed by atoms with van der Waals surface area (Å²) in [6, 6.07) is 2.50. The maximum absolute atomic E-state index is 6.52. The fourth-order valence-corrected chi connectivity index (χ4v) is 5.74. The van der Waals surface area contributed by atoms with Gasteiger partial charge in [0.05, 0.1) is 0 Å². The van der Waals surface area contributed by atoms with Crippen molar-refractivity contribution in [2.24, 2.45) is 23.5 Å². The van der Waals surface area contributed by atoms with E-state index in [1.807, 2.05) is 11.3 Å². The molecule has 0 aromatic carbocycles. The zero-order valence-electron chi connectivity index (χ0n) is 11.5. The van der Waals surface area contributed by atoms with Gasteiger partial charge in [-0.15, -0.1) is 11.3 Å². The van der Waals surface area contributed by atoms with E-state index in [0.29, 0.717) is 6.04 Å². The molecule has 4 unspecified atom stereocenters. The number of hydrogen-bond donors (Lipinski definition) is 1. The lowest BCUT2D eigenvalue weighted by molar-refractivity contribution is 0.117. The third-order valence-corrected chi connectivity index (χ3v) is 7.25. The molecular formula is C16H24BrNS. The Labute approximate surface area is 129 Å². The van der Waals surface area contributed by atoms with E-state index in [2.05, 4.69) is 27.4 Å². The maximum atomic E-state index is 6.52. The van der Waals surface area contributed by atoms with E-state index < -0.39 is 0 Å². The van der Waals surface area contributed by atoms with Gasteiger partial charge in [-0.1, -0.05) is 25.7 Å². The highest BCUT2D eigenvalue weighted by Gasteiger charge is 2.34. The molecule has 1 nitrogen and oxygen atoms in total. The number of fused-ring (bicyclic) bond motifs is 1. The Balaban J connectivity index is 1.58. The van der Waals surface area contributed by atoms with E-state index >= 15 is 0 Å². The van der Waals surface area contributed by atoms with Crippen molar-refractivity contribution in [3.63, 3.8) is 0 Å². The summed E-state index contributed by atoms with van der Waals surface area (Å²) in [5, 5.41) is 2.16. The highest BCUT2D eigenvalue weighted by molar-refractivity contribution is 9.10. The Morgan fingerprint density at radius 1 is 1.21 bits per heavy atom. The summed E-state index contributed by atoms with van der Waals surface area (Å²) < 4.78 is 1.25. The molecule has 2 fully saturated rings. The zero-order chi connectivity index (χ0) is 13.2. The molecule has 0 spiro atoms. The lowest BCUT2D eigenvalue weighted by Crippen LogP contribution is -2.38. The summed E-state index contributed by atoms with van der Waals surface area (Å²) in [6.45, 7) is 0. The Bertz CT molecular complexity index is 417. The summed E-state index contributed by atoms with van der Waals surface area (Å²) >= 11 is 5.47. The van der Waals surface area contributed by atoms with Crippen molar-refractivity contribution in [3.05, 3.63) is 20.8 Å². The Morgan fingerprint density at radius 2 is 2.00 bits per heavy atom. The van der Waals surface area contributed by atoms with Gasteiger partial charge in [-0.05, 0) is 70.8 Å². The molecule has 1 heterocycles. The summed E-state index contributed by atoms with van der Waals surface area (Å²) in [7, 11) is 0. The number of thiophene rings is 1. The van der Waals surface area contributed by atoms with Gasteiger partial charge in [0.1, 0.15) is 0 Å². The first kappa shape index (κ1) is 14.1. The molecule has 0 aliphatic heterocycles. The number of nitrogens with two attached hydrogens (primary N) is 1. The molecule has 4 atom stereocenters. The number of halogens is 1. The molecule has 0 amide bonds. The van der Waals surface area contributed by atoms with Crippen LogP contribution in [0.5, 0.6) is 0 Å². The molecule has 2 aliphatic carbocycles. The number of hydrogen-bond acceptors (Lipinski definition) is 2. The van der Waals surface area contributed by atoms with Crippen LogP contribution in [0.15, 0.2) is 15.9 Å². The normalized spacial score (nSPS) is 32.8. The van der Waals surface area contributed by atoms with E-state index in [9.17, 15) is 0 Å². The largest absolute Gasteiger partial charge is 0.327 e. The van der Waals surface area contributed by atoms with Crippen molar-refractivity contribution in [2.45, 2.75) is 57.4 Å². The molecule has 2 N–H and O–H groups in total. The Morgan fingerprint density at radius 3 is 2.74 bits per heavy atom. The molecule has 1 aromatic rings. The topological polar surface area (TPSA) is 26.0 Å². The average Bonchev–Trinajstić information content (AvgIpc) is 2.84. The Kier molecular flexibility index (Phi) is 4.66. The van der Waals surface area contributed by atoms with Gasteiger partial charge in [-0.2, -0.15) is 0 Å². The molecule has 0 bridgehead atoms. The van der Waals surface area contributed by atoms with E-state index in [0.717, 1.165) is 24.2 Å². The molecule has 0 saturated heterocycles. The van der Waals surface area contributed by atoms with Crippen LogP contribution in [0.1, 0.15) is 49.8 Å². The summed E-state index contributed by atoms with van der Waals surface area (Å²) in [6.07, 6.45) is 11.1. The van der Waals surface area contributed by atoms with Crippen LogP contribution in [0.25, 0.3) is 0 Å². The first-order valence-electron chi connectivity index (χ1n) is 7.71. The van der Waals surface area contributed by atoms with Crippen molar-refractivity contribution in [2.75, 3.05) is 0 Å². The van der Waals surface area contributed by atoms with Gasteiger partial charge >= 0.3 is 0 Å². The highest BCUT2D eigenvalue weighted by atomic mass is 79.9. The van der Waals surface area contributed by atoms with Crippen molar-refractivity contribution in [1.29, 1.82) is 0 Å². The first-order chi connectivity index (χ1) is 9.24. The lowest BCUT2D eigenvalue weighted by Gasteiger charge is -2.41. The lowest BCUT2D eigenvalue weighted by atomic mass is 9.66. The van der Waals surface area contributed by atoms with Gasteiger partial charge in [0.15, 0.2) is 0 Å². The van der Waals surface area contributed by atoms with Crippen LogP contribution in [-0.2, 0) is 6.42 Å². The summed E-state index contributed by atoms with van der Waals surface area (Å²) in [5.41, 5.74) is 6.52. The monoisotopic (exact) mass is 341 g/mol. The minimum absolute atomic E-state index is 0.359. The molecule has 3 rings (SSSR count). The van der Waals surface area contributed by atoms with Crippen molar-refractivity contribution >= 4 is 27.3 Å². The second kappa shape index (κ2) is 6.28. The van der Waals surface area contributed by atoms with Gasteiger partial charge in [-0.3, -0.25) is 0 Å². The third kappa shape index (κ3) is 3.25. The highest BCUT2D eigenvalue weighted by Crippen LogP contribution is 2.43. The van der Waals surface area contributed by atoms with Crippen LogP contribution >= 0.6 is 27.3 Å². The zero-order valence-corrected chi connectivity index (χ0v) is 13.9. The number of rotatable bonds is 3. The van der Waals surface area contributed by atoms with E-state index in [1.165, 1.54) is 54.3 Å². The molecule has 2 aliphatic rings. The smallest absolute Gasteiger partial charge is 0.0314 e. The molecule has 19 heavy (non-hydrogen) atoms. The molecule has 1 aromatic heterocycles. The first-order valence-corrected chi connectivity index (χ1v) is 9.38. The second-order valence-electron chi connectivity index (χ2n) is 6.44. The molecule has 0 radical (unpaired) electrons. The molecular weight excluding hydrogens is 318 g/mol. The van der Waals surface area contributed by atoms with E-state index in [1.54, 1.807) is 0 Å². The fraction of sp³-hybridized carbons (Fsp3) is 0.750. The SMILES string of the molecule is NC(Cc1sccc1Br)C1CCC2CCCCC2C1. The maximum Gasteiger partial charge on any atom is 0.0314 e. The van der Waals surface area contributed by atoms with Crippen molar-refractivity contribution in [1.82, 2.24) is 0 Å². The van der Waals surface area contributed by atoms with Crippen LogP contribution in [0.3, 0.4) is 0 Å². The quantitative estimate of drug-likeness (QED) is 0.823. The van der Waals surface area contributed by atoms with Gasteiger partial charge in [0.2, 0.25) is 0 Å². The standard InChI is InChI=1S/C16H24BrNS/c17-14-7-8-19-16(14)10-15(18)13-6-5-11-3-1-2-4-12(11)9-13/h7-8,11-13,15H,1-6,9-10,18H2. The average molecular weight is 342 g/mol. The molecule has 2 saturated carbocycles. The van der Waals surface area contributed by atoms with Crippen LogP contribution < -0.4 is 5.73 Å². The molecule has 106 valence electrons. The van der Waals surface area contributed by atoms with Gasteiger partial charge in [0.25, 0.3) is 0 Å². The van der Waals surface area contributed by atoms with Crippen molar-refractivity contribution in [3.8, 4) is 0 Å². The predicted octanol–water partition coefficient (Wildman–Crippen LogP) is 4.99. The third-order valence-electron chi connectivity index (χ3n) is 5.30. The Hall–Kier alpha value is 0.140. The minimum atomic E-state index is 0.359. The van der Waals surface area contributed by atoms with Crippen LogP contribution in [0, 0.1) is 17.8 Å². The minimum Gasteiger partial charge on any atom is -0.327 e. The van der Waals surface area contributed by atoms with E-state index in [4.69, 9.17) is 5.73 Å². The van der Waals surface area contributed by atoms with Gasteiger partial charge < -0.3 is 5.73 Å². The van der Waals surface area contributed by atoms with E-state index in [-0.39, 0.29) is 0 Å². The summed E-state index contributed by atoms with van der Waals surface area (Å²) in [4.78, 5) is 1.43. The van der Waals surface area contributed by atoms with Gasteiger partial charge in [-0.25, -0.2) is 0 Å².